The molecule has 0 spiro atoms. The van der Waals surface area contributed by atoms with Gasteiger partial charge in [0.25, 0.3) is 0 Å². The van der Waals surface area contributed by atoms with Gasteiger partial charge in [-0.1, -0.05) is 0 Å². The van der Waals surface area contributed by atoms with E-state index in [0.29, 0.717) is 17.2 Å². The standard InChI is InChI=1S/C12H14N2O4/c15-12(14-8-3-4-13-6-8)18-9-1-2-10-11(5-9)17-7-16-10/h1-2,5,8,13H,3-4,6-7H2,(H,14,15). The zero-order valence-corrected chi connectivity index (χ0v) is 9.77. The number of nitrogens with one attached hydrogen (secondary N) is 2. The number of hydrogen-bond acceptors (Lipinski definition) is 5. The molecule has 1 atom stereocenters. The van der Waals surface area contributed by atoms with E-state index in [0.717, 1.165) is 19.5 Å². The van der Waals surface area contributed by atoms with Gasteiger partial charge in [-0.3, -0.25) is 0 Å². The van der Waals surface area contributed by atoms with E-state index in [2.05, 4.69) is 10.6 Å². The fourth-order valence-electron chi connectivity index (χ4n) is 2.02. The molecule has 1 aromatic rings. The summed E-state index contributed by atoms with van der Waals surface area (Å²) in [6, 6.07) is 5.20. The maximum atomic E-state index is 11.6. The summed E-state index contributed by atoms with van der Waals surface area (Å²) in [6.07, 6.45) is 0.485. The summed E-state index contributed by atoms with van der Waals surface area (Å²) in [7, 11) is 0. The third kappa shape index (κ3) is 2.33. The number of rotatable bonds is 2. The zero-order valence-electron chi connectivity index (χ0n) is 9.77. The monoisotopic (exact) mass is 250 g/mol. The molecule has 0 radical (unpaired) electrons. The van der Waals surface area contributed by atoms with E-state index in [1.54, 1.807) is 18.2 Å². The van der Waals surface area contributed by atoms with Gasteiger partial charge in [0.1, 0.15) is 5.75 Å². The number of hydrogen-bond donors (Lipinski definition) is 2. The molecule has 1 saturated heterocycles. The lowest BCUT2D eigenvalue weighted by Crippen LogP contribution is -2.38. The Bertz CT molecular complexity index is 457. The summed E-state index contributed by atoms with van der Waals surface area (Å²) < 4.78 is 15.6. The highest BCUT2D eigenvalue weighted by Gasteiger charge is 2.19. The van der Waals surface area contributed by atoms with Gasteiger partial charge in [0.05, 0.1) is 0 Å². The van der Waals surface area contributed by atoms with E-state index in [4.69, 9.17) is 14.2 Å². The van der Waals surface area contributed by atoms with Gasteiger partial charge in [-0.15, -0.1) is 0 Å². The van der Waals surface area contributed by atoms with Crippen LogP contribution in [0.3, 0.4) is 0 Å². The molecule has 6 heteroatoms. The second-order valence-electron chi connectivity index (χ2n) is 4.24. The highest BCUT2D eigenvalue weighted by Crippen LogP contribution is 2.35. The van der Waals surface area contributed by atoms with Crippen molar-refractivity contribution in [3.63, 3.8) is 0 Å². The molecule has 3 rings (SSSR count). The van der Waals surface area contributed by atoms with Gasteiger partial charge in [-0.05, 0) is 25.1 Å². The summed E-state index contributed by atoms with van der Waals surface area (Å²) in [6.45, 7) is 1.92. The van der Waals surface area contributed by atoms with Crippen molar-refractivity contribution in [3.8, 4) is 17.2 Å². The lowest BCUT2D eigenvalue weighted by Gasteiger charge is -2.11. The first-order valence-corrected chi connectivity index (χ1v) is 5.90. The van der Waals surface area contributed by atoms with Crippen molar-refractivity contribution in [3.05, 3.63) is 18.2 Å². The lowest BCUT2D eigenvalue weighted by atomic mass is 10.3. The SMILES string of the molecule is O=C(NC1CCNC1)Oc1ccc2c(c1)OCO2. The molecule has 1 amide bonds. The average molecular weight is 250 g/mol. The van der Waals surface area contributed by atoms with Crippen LogP contribution in [-0.4, -0.2) is 32.0 Å². The van der Waals surface area contributed by atoms with E-state index in [1.807, 2.05) is 0 Å². The second kappa shape index (κ2) is 4.73. The van der Waals surface area contributed by atoms with Crippen LogP contribution in [0.5, 0.6) is 17.2 Å². The van der Waals surface area contributed by atoms with Gasteiger partial charge in [0, 0.05) is 18.7 Å². The van der Waals surface area contributed by atoms with E-state index < -0.39 is 6.09 Å². The molecular formula is C12H14N2O4. The quantitative estimate of drug-likeness (QED) is 0.815. The van der Waals surface area contributed by atoms with E-state index >= 15 is 0 Å². The maximum absolute atomic E-state index is 11.6. The minimum Gasteiger partial charge on any atom is -0.454 e. The van der Waals surface area contributed by atoms with Gasteiger partial charge >= 0.3 is 6.09 Å². The number of ether oxygens (including phenoxy) is 3. The Morgan fingerprint density at radius 2 is 2.28 bits per heavy atom. The first kappa shape index (κ1) is 11.2. The number of fused-ring (bicyclic) bond motifs is 1. The Morgan fingerprint density at radius 3 is 3.11 bits per heavy atom. The second-order valence-corrected chi connectivity index (χ2v) is 4.24. The summed E-state index contributed by atoms with van der Waals surface area (Å²) in [5.74, 6) is 1.72. The molecule has 0 saturated carbocycles. The molecule has 2 N–H and O–H groups in total. The first-order chi connectivity index (χ1) is 8.81. The number of carbonyl (C=O) groups is 1. The Hall–Kier alpha value is -1.95. The van der Waals surface area contributed by atoms with Crippen LogP contribution < -0.4 is 24.8 Å². The maximum Gasteiger partial charge on any atom is 0.412 e. The molecule has 0 bridgehead atoms. The number of carbonyl (C=O) groups excluding carboxylic acids is 1. The van der Waals surface area contributed by atoms with Crippen LogP contribution in [0.2, 0.25) is 0 Å². The fraction of sp³-hybridized carbons (Fsp3) is 0.417. The highest BCUT2D eigenvalue weighted by molar-refractivity contribution is 5.71. The molecule has 1 fully saturated rings. The summed E-state index contributed by atoms with van der Waals surface area (Å²) in [5.41, 5.74) is 0. The molecule has 2 aliphatic rings. The summed E-state index contributed by atoms with van der Waals surface area (Å²) >= 11 is 0. The van der Waals surface area contributed by atoms with Gasteiger partial charge in [0.15, 0.2) is 11.5 Å². The van der Waals surface area contributed by atoms with Gasteiger partial charge in [-0.2, -0.15) is 0 Å². The summed E-state index contributed by atoms with van der Waals surface area (Å²) in [5, 5.41) is 5.97. The average Bonchev–Trinajstić information content (AvgIpc) is 2.98. The Morgan fingerprint density at radius 1 is 1.39 bits per heavy atom. The molecule has 96 valence electrons. The molecule has 0 aromatic heterocycles. The van der Waals surface area contributed by atoms with Crippen molar-refractivity contribution in [2.24, 2.45) is 0 Å². The zero-order chi connectivity index (χ0) is 12.4. The normalized spacial score (nSPS) is 20.8. The van der Waals surface area contributed by atoms with Gasteiger partial charge < -0.3 is 24.8 Å². The fourth-order valence-corrected chi connectivity index (χ4v) is 2.02. The molecule has 1 unspecified atom stereocenters. The first-order valence-electron chi connectivity index (χ1n) is 5.90. The summed E-state index contributed by atoms with van der Waals surface area (Å²) in [4.78, 5) is 11.6. The third-order valence-corrected chi connectivity index (χ3v) is 2.94. The minimum absolute atomic E-state index is 0.145. The van der Waals surface area contributed by atoms with Crippen LogP contribution in [0, 0.1) is 0 Å². The molecule has 6 nitrogen and oxygen atoms in total. The molecule has 1 aromatic carbocycles. The predicted octanol–water partition coefficient (Wildman–Crippen LogP) is 0.866. The van der Waals surface area contributed by atoms with E-state index in [9.17, 15) is 4.79 Å². The molecule has 2 aliphatic heterocycles. The van der Waals surface area contributed by atoms with E-state index in [-0.39, 0.29) is 12.8 Å². The van der Waals surface area contributed by atoms with Crippen LogP contribution in [-0.2, 0) is 0 Å². The van der Waals surface area contributed by atoms with Crippen molar-refractivity contribution < 1.29 is 19.0 Å². The Labute approximate surface area is 104 Å². The lowest BCUT2D eigenvalue weighted by molar-refractivity contribution is 0.173. The molecule has 2 heterocycles. The Balaban J connectivity index is 1.60. The number of amides is 1. The predicted molar refractivity (Wildman–Crippen MR) is 63.0 cm³/mol. The van der Waals surface area contributed by atoms with Crippen LogP contribution in [0.1, 0.15) is 6.42 Å². The number of benzene rings is 1. The van der Waals surface area contributed by atoms with Crippen LogP contribution in [0.25, 0.3) is 0 Å². The van der Waals surface area contributed by atoms with Crippen molar-refractivity contribution >= 4 is 6.09 Å². The van der Waals surface area contributed by atoms with Crippen LogP contribution in [0.4, 0.5) is 4.79 Å². The van der Waals surface area contributed by atoms with Crippen LogP contribution >= 0.6 is 0 Å². The molecule has 18 heavy (non-hydrogen) atoms. The minimum atomic E-state index is -0.442. The van der Waals surface area contributed by atoms with Crippen LogP contribution in [0.15, 0.2) is 18.2 Å². The van der Waals surface area contributed by atoms with Gasteiger partial charge in [0.2, 0.25) is 6.79 Å². The highest BCUT2D eigenvalue weighted by atomic mass is 16.7. The van der Waals surface area contributed by atoms with E-state index in [1.165, 1.54) is 0 Å². The third-order valence-electron chi connectivity index (χ3n) is 2.94. The van der Waals surface area contributed by atoms with Gasteiger partial charge in [-0.25, -0.2) is 4.79 Å². The van der Waals surface area contributed by atoms with Crippen molar-refractivity contribution in [2.75, 3.05) is 19.9 Å². The largest absolute Gasteiger partial charge is 0.454 e. The smallest absolute Gasteiger partial charge is 0.412 e. The molecule has 0 aliphatic carbocycles. The van der Waals surface area contributed by atoms with Crippen molar-refractivity contribution in [1.29, 1.82) is 0 Å². The van der Waals surface area contributed by atoms with Crippen molar-refractivity contribution in [2.45, 2.75) is 12.5 Å². The van der Waals surface area contributed by atoms with Crippen molar-refractivity contribution in [1.82, 2.24) is 10.6 Å². The Kier molecular flexibility index (Phi) is 2.93. The molecular weight excluding hydrogens is 236 g/mol. The topological polar surface area (TPSA) is 68.8 Å².